The van der Waals surface area contributed by atoms with E-state index in [0.717, 1.165) is 26.6 Å². The number of likely N-dealkylation sites (tertiary alicyclic amines) is 1. The number of likely N-dealkylation sites (N-methyl/N-ethyl adjacent to an activating group) is 1. The maximum atomic E-state index is 13.1. The first-order valence-electron chi connectivity index (χ1n) is 8.06. The Bertz CT molecular complexity index is 872. The van der Waals surface area contributed by atoms with Crippen LogP contribution in [0.25, 0.3) is 10.9 Å². The topological polar surface area (TPSA) is 53.5 Å². The fourth-order valence-corrected chi connectivity index (χ4v) is 4.48. The standard InChI is InChI=1S/C18H18BrN3O2/c1-11(23)22-7-5-18(6-8-22)16-13-9-12(19)3-4-14(13)20-10-15(16)21(2)17(18)24/h3-4,9-10H,5-8H2,1-2H3. The lowest BCUT2D eigenvalue weighted by molar-refractivity contribution is -0.133. The minimum Gasteiger partial charge on any atom is -0.343 e. The van der Waals surface area contributed by atoms with Gasteiger partial charge in [0.2, 0.25) is 11.8 Å². The number of piperidine rings is 1. The molecule has 2 amide bonds. The summed E-state index contributed by atoms with van der Waals surface area (Å²) < 4.78 is 0.975. The van der Waals surface area contributed by atoms with Crippen LogP contribution in [0.4, 0.5) is 5.69 Å². The van der Waals surface area contributed by atoms with Crippen LogP contribution in [0.1, 0.15) is 25.3 Å². The molecule has 3 heterocycles. The van der Waals surface area contributed by atoms with Gasteiger partial charge in [-0.05, 0) is 31.0 Å². The summed E-state index contributed by atoms with van der Waals surface area (Å²) in [6.07, 6.45) is 3.12. The van der Waals surface area contributed by atoms with Crippen molar-refractivity contribution in [2.24, 2.45) is 0 Å². The van der Waals surface area contributed by atoms with E-state index >= 15 is 0 Å². The maximum absolute atomic E-state index is 13.1. The number of carbonyl (C=O) groups excluding carboxylic acids is 2. The summed E-state index contributed by atoms with van der Waals surface area (Å²) in [6, 6.07) is 5.99. The quantitative estimate of drug-likeness (QED) is 0.698. The summed E-state index contributed by atoms with van der Waals surface area (Å²) in [7, 11) is 1.82. The highest BCUT2D eigenvalue weighted by Crippen LogP contribution is 2.50. The molecule has 0 aliphatic carbocycles. The first-order valence-corrected chi connectivity index (χ1v) is 8.86. The predicted octanol–water partition coefficient (Wildman–Crippen LogP) is 2.85. The molecule has 2 aromatic rings. The molecule has 1 spiro atoms. The zero-order chi connectivity index (χ0) is 17.1. The third kappa shape index (κ3) is 2.02. The number of aromatic nitrogens is 1. The summed E-state index contributed by atoms with van der Waals surface area (Å²) in [4.78, 5) is 32.9. The molecule has 2 aliphatic heterocycles. The largest absolute Gasteiger partial charge is 0.343 e. The van der Waals surface area contributed by atoms with Gasteiger partial charge in [-0.3, -0.25) is 14.6 Å². The van der Waals surface area contributed by atoms with E-state index in [2.05, 4.69) is 20.9 Å². The average Bonchev–Trinajstić information content (AvgIpc) is 2.78. The second-order valence-corrected chi connectivity index (χ2v) is 7.55. The van der Waals surface area contributed by atoms with E-state index in [1.165, 1.54) is 0 Å². The number of nitrogens with zero attached hydrogens (tertiary/aromatic N) is 3. The maximum Gasteiger partial charge on any atom is 0.237 e. The molecule has 5 nitrogen and oxygen atoms in total. The van der Waals surface area contributed by atoms with Crippen LogP contribution < -0.4 is 4.90 Å². The molecule has 0 N–H and O–H groups in total. The SMILES string of the molecule is CC(=O)N1CCC2(CC1)C(=O)N(C)c1cnc3ccc(Br)cc3c12. The van der Waals surface area contributed by atoms with E-state index in [1.54, 1.807) is 18.0 Å². The van der Waals surface area contributed by atoms with Crippen LogP contribution >= 0.6 is 15.9 Å². The van der Waals surface area contributed by atoms with E-state index in [-0.39, 0.29) is 11.8 Å². The summed E-state index contributed by atoms with van der Waals surface area (Å²) in [5.74, 6) is 0.196. The van der Waals surface area contributed by atoms with Crippen LogP contribution in [0, 0.1) is 0 Å². The molecule has 0 radical (unpaired) electrons. The fraction of sp³-hybridized carbons (Fsp3) is 0.389. The number of carbonyl (C=O) groups is 2. The molecule has 0 atom stereocenters. The third-order valence-corrected chi connectivity index (χ3v) is 5.92. The number of rotatable bonds is 0. The van der Waals surface area contributed by atoms with Crippen LogP contribution in [0.2, 0.25) is 0 Å². The molecule has 0 saturated carbocycles. The van der Waals surface area contributed by atoms with Crippen LogP contribution in [-0.2, 0) is 15.0 Å². The molecule has 1 fully saturated rings. The van der Waals surface area contributed by atoms with Crippen molar-refractivity contribution in [1.82, 2.24) is 9.88 Å². The number of hydrogen-bond donors (Lipinski definition) is 0. The van der Waals surface area contributed by atoms with Crippen LogP contribution in [-0.4, -0.2) is 41.8 Å². The van der Waals surface area contributed by atoms with E-state index in [0.29, 0.717) is 25.9 Å². The van der Waals surface area contributed by atoms with Gasteiger partial charge in [0.25, 0.3) is 0 Å². The number of halogens is 1. The highest BCUT2D eigenvalue weighted by molar-refractivity contribution is 9.10. The zero-order valence-electron chi connectivity index (χ0n) is 13.7. The highest BCUT2D eigenvalue weighted by atomic mass is 79.9. The van der Waals surface area contributed by atoms with Gasteiger partial charge in [0.05, 0.1) is 22.8 Å². The Morgan fingerprint density at radius 3 is 2.67 bits per heavy atom. The smallest absolute Gasteiger partial charge is 0.237 e. The number of fused-ring (bicyclic) bond motifs is 4. The monoisotopic (exact) mass is 387 g/mol. The normalized spacial score (nSPS) is 19.2. The number of hydrogen-bond acceptors (Lipinski definition) is 3. The van der Waals surface area contributed by atoms with Crippen LogP contribution in [0.15, 0.2) is 28.9 Å². The molecule has 24 heavy (non-hydrogen) atoms. The first kappa shape index (κ1) is 15.6. The van der Waals surface area contributed by atoms with Crippen LogP contribution in [0.3, 0.4) is 0 Å². The second kappa shape index (κ2) is 5.28. The van der Waals surface area contributed by atoms with Gasteiger partial charge in [-0.1, -0.05) is 15.9 Å². The summed E-state index contributed by atoms with van der Waals surface area (Å²) >= 11 is 3.53. The van der Waals surface area contributed by atoms with Gasteiger partial charge < -0.3 is 9.80 Å². The second-order valence-electron chi connectivity index (χ2n) is 6.63. The summed E-state index contributed by atoms with van der Waals surface area (Å²) in [5, 5.41) is 1.02. The Labute approximate surface area is 148 Å². The number of benzene rings is 1. The Morgan fingerprint density at radius 1 is 1.29 bits per heavy atom. The van der Waals surface area contributed by atoms with Crippen molar-refractivity contribution >= 4 is 44.3 Å². The molecule has 1 saturated heterocycles. The van der Waals surface area contributed by atoms with E-state index in [9.17, 15) is 9.59 Å². The molecule has 4 rings (SSSR count). The van der Waals surface area contributed by atoms with E-state index in [1.807, 2.05) is 30.1 Å². The molecule has 124 valence electrons. The molecular weight excluding hydrogens is 370 g/mol. The Kier molecular flexibility index (Phi) is 3.42. The minimum atomic E-state index is -0.544. The van der Waals surface area contributed by atoms with Crippen LogP contribution in [0.5, 0.6) is 0 Å². The summed E-state index contributed by atoms with van der Waals surface area (Å²) in [6.45, 7) is 2.82. The number of amides is 2. The van der Waals surface area contributed by atoms with Gasteiger partial charge in [0.15, 0.2) is 0 Å². The third-order valence-electron chi connectivity index (χ3n) is 5.43. The number of anilines is 1. The van der Waals surface area contributed by atoms with E-state index < -0.39 is 5.41 Å². The number of pyridine rings is 1. The van der Waals surface area contributed by atoms with Gasteiger partial charge in [-0.15, -0.1) is 0 Å². The Hall–Kier alpha value is -1.95. The van der Waals surface area contributed by atoms with Gasteiger partial charge in [0.1, 0.15) is 0 Å². The fourth-order valence-electron chi connectivity index (χ4n) is 4.12. The zero-order valence-corrected chi connectivity index (χ0v) is 15.3. The highest BCUT2D eigenvalue weighted by Gasteiger charge is 2.52. The minimum absolute atomic E-state index is 0.0752. The van der Waals surface area contributed by atoms with Crippen molar-refractivity contribution in [3.8, 4) is 0 Å². The van der Waals surface area contributed by atoms with Crippen molar-refractivity contribution in [1.29, 1.82) is 0 Å². The van der Waals surface area contributed by atoms with Crippen molar-refractivity contribution in [3.05, 3.63) is 34.4 Å². The van der Waals surface area contributed by atoms with E-state index in [4.69, 9.17) is 0 Å². The van der Waals surface area contributed by atoms with Gasteiger partial charge in [0, 0.05) is 42.5 Å². The molecule has 1 aromatic heterocycles. The van der Waals surface area contributed by atoms with Crippen molar-refractivity contribution in [3.63, 3.8) is 0 Å². The first-order chi connectivity index (χ1) is 11.4. The van der Waals surface area contributed by atoms with Crippen molar-refractivity contribution in [2.45, 2.75) is 25.2 Å². The lowest BCUT2D eigenvalue weighted by Gasteiger charge is -2.38. The average molecular weight is 388 g/mol. The molecule has 0 unspecified atom stereocenters. The molecule has 1 aromatic carbocycles. The molecule has 2 aliphatic rings. The molecule has 0 bridgehead atoms. The van der Waals surface area contributed by atoms with Crippen molar-refractivity contribution in [2.75, 3.05) is 25.0 Å². The lowest BCUT2D eigenvalue weighted by Crippen LogP contribution is -2.49. The Balaban J connectivity index is 1.91. The van der Waals surface area contributed by atoms with Gasteiger partial charge in [-0.25, -0.2) is 0 Å². The van der Waals surface area contributed by atoms with Crippen molar-refractivity contribution < 1.29 is 9.59 Å². The predicted molar refractivity (Wildman–Crippen MR) is 96.0 cm³/mol. The Morgan fingerprint density at radius 2 is 2.00 bits per heavy atom. The molecule has 6 heteroatoms. The van der Waals surface area contributed by atoms with Gasteiger partial charge in [-0.2, -0.15) is 0 Å². The van der Waals surface area contributed by atoms with Gasteiger partial charge >= 0.3 is 0 Å². The molecular formula is C18H18BrN3O2. The summed E-state index contributed by atoms with van der Waals surface area (Å²) in [5.41, 5.74) is 2.32. The lowest BCUT2D eigenvalue weighted by atomic mass is 9.72.